The average Bonchev–Trinajstić information content (AvgIpc) is 3.73. The maximum atomic E-state index is 15.1. The van der Waals surface area contributed by atoms with Gasteiger partial charge in [-0.25, -0.2) is 13.4 Å². The molecule has 0 bridgehead atoms. The Kier molecular flexibility index (Phi) is 9.93. The van der Waals surface area contributed by atoms with Gasteiger partial charge in [-0.1, -0.05) is 12.1 Å². The Morgan fingerprint density at radius 1 is 1.06 bits per heavy atom. The normalized spacial score (nSPS) is 18.9. The number of alkyl halides is 6. The molecular weight excluding hydrogens is 686 g/mol. The van der Waals surface area contributed by atoms with Crippen LogP contribution in [-0.4, -0.2) is 67.7 Å². The Morgan fingerprint density at radius 3 is 2.35 bits per heavy atom. The van der Waals surface area contributed by atoms with Crippen LogP contribution in [0.25, 0.3) is 16.1 Å². The fourth-order valence-corrected chi connectivity index (χ4v) is 6.87. The Hall–Kier alpha value is -3.99. The smallest absolute Gasteiger partial charge is 0.416 e. The highest BCUT2D eigenvalue weighted by Crippen LogP contribution is 2.49. The molecular formula is C31H30F6N4O5S2. The highest BCUT2D eigenvalue weighted by molar-refractivity contribution is 7.91. The summed E-state index contributed by atoms with van der Waals surface area (Å²) in [5.41, 5.74) is -3.08. The zero-order valence-corrected chi connectivity index (χ0v) is 27.0. The van der Waals surface area contributed by atoms with Crippen LogP contribution in [0.1, 0.15) is 54.2 Å². The van der Waals surface area contributed by atoms with E-state index in [-0.39, 0.29) is 41.2 Å². The van der Waals surface area contributed by atoms with Crippen molar-refractivity contribution < 1.29 is 49.1 Å². The van der Waals surface area contributed by atoms with Gasteiger partial charge in [0.1, 0.15) is 16.5 Å². The molecule has 3 aromatic rings. The van der Waals surface area contributed by atoms with Crippen molar-refractivity contribution in [3.05, 3.63) is 70.5 Å². The molecule has 1 aliphatic carbocycles. The second-order valence-corrected chi connectivity index (χ2v) is 14.9. The van der Waals surface area contributed by atoms with Gasteiger partial charge in [0, 0.05) is 54.0 Å². The molecule has 2 amide bonds. The Balaban J connectivity index is 1.47. The van der Waals surface area contributed by atoms with E-state index >= 15 is 13.2 Å². The van der Waals surface area contributed by atoms with Crippen LogP contribution in [0.15, 0.2) is 54.4 Å². The number of hydrogen-bond donors (Lipinski definition) is 2. The van der Waals surface area contributed by atoms with E-state index in [2.05, 4.69) is 20.6 Å². The number of pyridine rings is 1. The zero-order chi connectivity index (χ0) is 34.9. The molecule has 2 N–H and O–H groups in total. The number of nitrogens with one attached hydrogen (secondary N) is 2. The van der Waals surface area contributed by atoms with E-state index in [9.17, 15) is 31.2 Å². The second-order valence-electron chi connectivity index (χ2n) is 11.7. The Bertz CT molecular complexity index is 1800. The summed E-state index contributed by atoms with van der Waals surface area (Å²) in [6, 6.07) is 7.56. The van der Waals surface area contributed by atoms with Gasteiger partial charge < -0.3 is 15.4 Å². The number of halogens is 6. The monoisotopic (exact) mass is 716 g/mol. The first-order chi connectivity index (χ1) is 22.4. The number of carbonyl (C=O) groups is 2. The first-order valence-electron chi connectivity index (χ1n) is 14.7. The number of amides is 2. The molecule has 2 aliphatic rings. The summed E-state index contributed by atoms with van der Waals surface area (Å²) in [7, 11) is -3.73. The van der Waals surface area contributed by atoms with Crippen LogP contribution in [0.2, 0.25) is 0 Å². The highest BCUT2D eigenvalue weighted by Gasteiger charge is 2.59. The van der Waals surface area contributed by atoms with Crippen LogP contribution < -0.4 is 15.4 Å². The molecule has 1 fully saturated rings. The van der Waals surface area contributed by atoms with Crippen LogP contribution in [-0.2, 0) is 25.0 Å². The molecule has 5 rings (SSSR count). The second kappa shape index (κ2) is 13.5. The molecule has 3 heterocycles. The average molecular weight is 717 g/mol. The molecule has 48 heavy (non-hydrogen) atoms. The third-order valence-electron chi connectivity index (χ3n) is 7.79. The molecule has 0 radical (unpaired) electrons. The van der Waals surface area contributed by atoms with Crippen molar-refractivity contribution in [3.8, 4) is 16.3 Å². The van der Waals surface area contributed by atoms with Gasteiger partial charge in [-0.2, -0.15) is 26.3 Å². The van der Waals surface area contributed by atoms with Crippen molar-refractivity contribution in [1.29, 1.82) is 0 Å². The zero-order valence-electron chi connectivity index (χ0n) is 25.4. The minimum atomic E-state index is -5.06. The summed E-state index contributed by atoms with van der Waals surface area (Å²) in [6.45, 7) is -0.888. The molecule has 1 saturated carbocycles. The van der Waals surface area contributed by atoms with Crippen molar-refractivity contribution in [2.24, 2.45) is 0 Å². The van der Waals surface area contributed by atoms with Gasteiger partial charge in [0.25, 0.3) is 0 Å². The number of sulfone groups is 1. The maximum absolute atomic E-state index is 15.1. The fraction of sp³-hybridized carbons (Fsp3) is 0.419. The van der Waals surface area contributed by atoms with Crippen molar-refractivity contribution >= 4 is 38.6 Å². The summed E-state index contributed by atoms with van der Waals surface area (Å²) >= 11 is 1.49. The van der Waals surface area contributed by atoms with Gasteiger partial charge in [-0.05, 0) is 60.6 Å². The lowest BCUT2D eigenvalue weighted by Gasteiger charge is -2.41. The minimum Gasteiger partial charge on any atom is -0.494 e. The third kappa shape index (κ3) is 8.53. The van der Waals surface area contributed by atoms with Gasteiger partial charge >= 0.3 is 12.4 Å². The predicted octanol–water partition coefficient (Wildman–Crippen LogP) is 5.70. The van der Waals surface area contributed by atoms with Gasteiger partial charge in [-0.3, -0.25) is 14.6 Å². The van der Waals surface area contributed by atoms with Gasteiger partial charge in [0.2, 0.25) is 11.8 Å². The summed E-state index contributed by atoms with van der Waals surface area (Å²) in [5.74, 6) is -2.50. The Labute approximate surface area is 275 Å². The number of hydrogen-bond acceptors (Lipinski definition) is 8. The molecule has 17 heteroatoms. The molecule has 2 aromatic heterocycles. The standard InChI is InChI=1S/C31H30F6N4O5S2/c1-48(44,45)17-26(42)39-15-23-22(24-10-5-19(14-38-24)28-40-16-25(47-28)18-3-4-18)13-29(31(35,36)37,41-27(23)43)20-6-8-21(9-7-20)46-12-2-11-30(32,33)34/h5-10,14,16,18H,2-4,11-13,15,17H2,1H3,(H,39,42)(H,41,43)/t29-/m0/s1. The lowest BCUT2D eigenvalue weighted by molar-refractivity contribution is -0.201. The molecule has 1 aliphatic heterocycles. The van der Waals surface area contributed by atoms with E-state index in [1.165, 1.54) is 35.7 Å². The summed E-state index contributed by atoms with van der Waals surface area (Å²) in [5, 5.41) is 5.03. The lowest BCUT2D eigenvalue weighted by Crippen LogP contribution is -2.59. The third-order valence-corrected chi connectivity index (χ3v) is 9.79. The van der Waals surface area contributed by atoms with E-state index in [0.717, 1.165) is 36.1 Å². The van der Waals surface area contributed by atoms with Crippen LogP contribution in [0.3, 0.4) is 0 Å². The van der Waals surface area contributed by atoms with E-state index in [0.29, 0.717) is 16.5 Å². The first kappa shape index (κ1) is 35.3. The molecule has 0 saturated heterocycles. The van der Waals surface area contributed by atoms with E-state index < -0.39 is 64.7 Å². The molecule has 0 unspecified atom stereocenters. The molecule has 1 aromatic carbocycles. The minimum absolute atomic E-state index is 0.0261. The topological polar surface area (TPSA) is 127 Å². The molecule has 9 nitrogen and oxygen atoms in total. The van der Waals surface area contributed by atoms with Crippen LogP contribution in [0.5, 0.6) is 5.75 Å². The fourth-order valence-electron chi connectivity index (χ4n) is 5.21. The SMILES string of the molecule is CS(=O)(=O)CC(=O)NCC1=C(c2ccc(-c3ncc(C4CC4)s3)cn2)C[C@](c2ccc(OCCCC(F)(F)F)cc2)(C(F)(F)F)NC1=O. The van der Waals surface area contributed by atoms with E-state index in [1.807, 2.05) is 0 Å². The van der Waals surface area contributed by atoms with E-state index in [1.54, 1.807) is 12.3 Å². The number of benzene rings is 1. The van der Waals surface area contributed by atoms with Crippen molar-refractivity contribution in [3.63, 3.8) is 0 Å². The number of carbonyl (C=O) groups excluding carboxylic acids is 2. The maximum Gasteiger partial charge on any atom is 0.416 e. The van der Waals surface area contributed by atoms with Gasteiger partial charge in [-0.15, -0.1) is 11.3 Å². The van der Waals surface area contributed by atoms with Crippen LogP contribution >= 0.6 is 11.3 Å². The highest BCUT2D eigenvalue weighted by atomic mass is 32.2. The molecule has 1 atom stereocenters. The van der Waals surface area contributed by atoms with Crippen molar-refractivity contribution in [1.82, 2.24) is 20.6 Å². The molecule has 0 spiro atoms. The van der Waals surface area contributed by atoms with Crippen LogP contribution in [0, 0.1) is 0 Å². The number of aromatic nitrogens is 2. The van der Waals surface area contributed by atoms with Crippen LogP contribution in [0.4, 0.5) is 26.3 Å². The largest absolute Gasteiger partial charge is 0.494 e. The lowest BCUT2D eigenvalue weighted by atomic mass is 9.77. The number of ether oxygens (including phenoxy) is 1. The summed E-state index contributed by atoms with van der Waals surface area (Å²) in [4.78, 5) is 35.7. The number of nitrogens with zero attached hydrogens (tertiary/aromatic N) is 2. The predicted molar refractivity (Wildman–Crippen MR) is 165 cm³/mol. The Morgan fingerprint density at radius 2 is 1.77 bits per heavy atom. The van der Waals surface area contributed by atoms with Crippen molar-refractivity contribution in [2.45, 2.75) is 55.9 Å². The number of rotatable bonds is 12. The summed E-state index contributed by atoms with van der Waals surface area (Å²) in [6.07, 6.45) is -5.49. The van der Waals surface area contributed by atoms with E-state index in [4.69, 9.17) is 4.74 Å². The first-order valence-corrected chi connectivity index (χ1v) is 17.6. The van der Waals surface area contributed by atoms with Gasteiger partial charge in [0.05, 0.1) is 12.3 Å². The summed E-state index contributed by atoms with van der Waals surface area (Å²) < 4.78 is 111. The number of thiazole rings is 1. The van der Waals surface area contributed by atoms with Crippen molar-refractivity contribution in [2.75, 3.05) is 25.2 Å². The quantitative estimate of drug-likeness (QED) is 0.182. The molecule has 258 valence electrons. The van der Waals surface area contributed by atoms with Gasteiger partial charge in [0.15, 0.2) is 15.4 Å².